The fourth-order valence-corrected chi connectivity index (χ4v) is 3.61. The molecule has 0 radical (unpaired) electrons. The van der Waals surface area contributed by atoms with Gasteiger partial charge in [0.15, 0.2) is 0 Å². The van der Waals surface area contributed by atoms with E-state index >= 15 is 0 Å². The molecular weight excluding hydrogens is 398 g/mol. The van der Waals surface area contributed by atoms with Gasteiger partial charge in [-0.3, -0.25) is 5.32 Å². The maximum absolute atomic E-state index is 12.4. The van der Waals surface area contributed by atoms with Crippen LogP contribution in [0.4, 0.5) is 10.7 Å². The van der Waals surface area contributed by atoms with Crippen molar-refractivity contribution in [2.45, 2.75) is 25.9 Å². The Kier molecular flexibility index (Phi) is 5.53. The molecule has 31 heavy (non-hydrogen) atoms. The lowest BCUT2D eigenvalue weighted by molar-refractivity contribution is 0.0688. The van der Waals surface area contributed by atoms with Gasteiger partial charge in [0.05, 0.1) is 12.3 Å². The van der Waals surface area contributed by atoms with E-state index in [9.17, 15) is 14.7 Å². The maximum atomic E-state index is 12.4. The number of ether oxygens (including phenoxy) is 2. The predicted octanol–water partition coefficient (Wildman–Crippen LogP) is 4.32. The number of carboxylic acids is 1. The number of nitrogens with one attached hydrogen (secondary N) is 1. The number of fused-ring (bicyclic) bond motifs is 3. The van der Waals surface area contributed by atoms with E-state index in [4.69, 9.17) is 9.47 Å². The minimum absolute atomic E-state index is 0.0757. The summed E-state index contributed by atoms with van der Waals surface area (Å²) in [6.45, 7) is 3.63. The van der Waals surface area contributed by atoms with Crippen LogP contribution in [0.5, 0.6) is 5.88 Å². The molecule has 1 heterocycles. The van der Waals surface area contributed by atoms with E-state index in [1.54, 1.807) is 13.8 Å². The Hall–Kier alpha value is -3.94. The highest BCUT2D eigenvalue weighted by atomic mass is 16.5. The number of amides is 1. The molecule has 158 valence electrons. The van der Waals surface area contributed by atoms with Crippen LogP contribution in [0.3, 0.4) is 0 Å². The number of benzene rings is 2. The van der Waals surface area contributed by atoms with Gasteiger partial charge >= 0.3 is 12.1 Å². The summed E-state index contributed by atoms with van der Waals surface area (Å²) < 4.78 is 10.9. The first-order chi connectivity index (χ1) is 14.9. The number of hydrogen-bond acceptors (Lipinski definition) is 6. The van der Waals surface area contributed by atoms with Gasteiger partial charge in [-0.25, -0.2) is 14.6 Å². The molecule has 0 unspecified atom stereocenters. The number of rotatable bonds is 6. The van der Waals surface area contributed by atoms with Crippen molar-refractivity contribution in [3.8, 4) is 17.0 Å². The smallest absolute Gasteiger partial charge is 0.414 e. The molecular formula is C23H21N3O5. The van der Waals surface area contributed by atoms with E-state index in [0.717, 1.165) is 28.5 Å². The minimum Gasteiger partial charge on any atom is -0.477 e. The highest BCUT2D eigenvalue weighted by Gasteiger charge is 2.29. The van der Waals surface area contributed by atoms with Crippen LogP contribution < -0.4 is 10.1 Å². The predicted molar refractivity (Wildman–Crippen MR) is 113 cm³/mol. The number of carbonyl (C=O) groups excluding carboxylic acids is 1. The minimum atomic E-state index is -1.22. The second-order valence-corrected chi connectivity index (χ2v) is 7.33. The molecule has 4 rings (SSSR count). The molecule has 2 N–H and O–H groups in total. The third kappa shape index (κ3) is 4.18. The number of aromatic carboxylic acids is 1. The second-order valence-electron chi connectivity index (χ2n) is 7.33. The Morgan fingerprint density at radius 2 is 1.68 bits per heavy atom. The SMILES string of the molecule is CC(C)Oc1nc(NC(=O)OCC2c3ccccc3-c3ccccc32)ncc1C(=O)O. The van der Waals surface area contributed by atoms with Crippen LogP contribution in [0.2, 0.25) is 0 Å². The van der Waals surface area contributed by atoms with Crippen molar-refractivity contribution in [2.24, 2.45) is 0 Å². The van der Waals surface area contributed by atoms with E-state index < -0.39 is 12.1 Å². The van der Waals surface area contributed by atoms with Crippen LogP contribution >= 0.6 is 0 Å². The molecule has 1 aliphatic carbocycles. The lowest BCUT2D eigenvalue weighted by atomic mass is 9.98. The summed E-state index contributed by atoms with van der Waals surface area (Å²) >= 11 is 0. The van der Waals surface area contributed by atoms with Gasteiger partial charge in [-0.05, 0) is 36.1 Å². The largest absolute Gasteiger partial charge is 0.477 e. The number of hydrogen-bond donors (Lipinski definition) is 2. The molecule has 0 aliphatic heterocycles. The van der Waals surface area contributed by atoms with Crippen LogP contribution in [0, 0.1) is 0 Å². The molecule has 0 bridgehead atoms. The van der Waals surface area contributed by atoms with E-state index in [2.05, 4.69) is 27.4 Å². The Labute approximate surface area is 178 Å². The normalized spacial score (nSPS) is 12.2. The highest BCUT2D eigenvalue weighted by Crippen LogP contribution is 2.44. The topological polar surface area (TPSA) is 111 Å². The summed E-state index contributed by atoms with van der Waals surface area (Å²) in [6, 6.07) is 16.1. The fourth-order valence-electron chi connectivity index (χ4n) is 3.61. The first kappa shape index (κ1) is 20.3. The van der Waals surface area contributed by atoms with E-state index in [-0.39, 0.29) is 36.0 Å². The van der Waals surface area contributed by atoms with Crippen molar-refractivity contribution in [1.82, 2.24) is 9.97 Å². The Balaban J connectivity index is 1.47. The van der Waals surface area contributed by atoms with Crippen molar-refractivity contribution < 1.29 is 24.2 Å². The van der Waals surface area contributed by atoms with Crippen molar-refractivity contribution in [1.29, 1.82) is 0 Å². The molecule has 1 aliphatic rings. The summed E-state index contributed by atoms with van der Waals surface area (Å²) in [7, 11) is 0. The molecule has 1 amide bonds. The van der Waals surface area contributed by atoms with Crippen molar-refractivity contribution in [3.05, 3.63) is 71.4 Å². The highest BCUT2D eigenvalue weighted by molar-refractivity contribution is 5.90. The molecule has 8 nitrogen and oxygen atoms in total. The van der Waals surface area contributed by atoms with Crippen molar-refractivity contribution in [3.63, 3.8) is 0 Å². The molecule has 0 saturated heterocycles. The van der Waals surface area contributed by atoms with Gasteiger partial charge in [-0.1, -0.05) is 48.5 Å². The number of anilines is 1. The quantitative estimate of drug-likeness (QED) is 0.612. The van der Waals surface area contributed by atoms with Gasteiger partial charge in [0.2, 0.25) is 11.8 Å². The Bertz CT molecular complexity index is 1100. The van der Waals surface area contributed by atoms with Gasteiger partial charge in [0.1, 0.15) is 12.2 Å². The van der Waals surface area contributed by atoms with E-state index in [1.807, 2.05) is 36.4 Å². The average molecular weight is 419 g/mol. The third-order valence-electron chi connectivity index (χ3n) is 4.89. The van der Waals surface area contributed by atoms with Crippen LogP contribution in [0.1, 0.15) is 41.3 Å². The molecule has 0 atom stereocenters. The van der Waals surface area contributed by atoms with E-state index in [1.165, 1.54) is 0 Å². The monoisotopic (exact) mass is 419 g/mol. The summed E-state index contributed by atoms with van der Waals surface area (Å²) in [4.78, 5) is 31.6. The zero-order valence-electron chi connectivity index (χ0n) is 17.0. The maximum Gasteiger partial charge on any atom is 0.414 e. The Morgan fingerprint density at radius 1 is 1.06 bits per heavy atom. The standard InChI is InChI=1S/C23H21N3O5/c1-13(2)31-20-18(21(27)28)11-24-22(25-20)26-23(29)30-12-19-16-9-5-3-7-14(16)15-8-4-6-10-17(15)19/h3-11,13,19H,12H2,1-2H3,(H,27,28)(H,24,25,26,29). The lowest BCUT2D eigenvalue weighted by Crippen LogP contribution is -2.20. The molecule has 1 aromatic heterocycles. The van der Waals surface area contributed by atoms with Crippen LogP contribution in [-0.2, 0) is 4.74 Å². The first-order valence-electron chi connectivity index (χ1n) is 9.83. The van der Waals surface area contributed by atoms with Gasteiger partial charge in [0.25, 0.3) is 0 Å². The van der Waals surface area contributed by atoms with Crippen molar-refractivity contribution in [2.75, 3.05) is 11.9 Å². The average Bonchev–Trinajstić information content (AvgIpc) is 3.05. The molecule has 0 saturated carbocycles. The number of carboxylic acid groups (broad SMARTS) is 1. The number of aromatic nitrogens is 2. The van der Waals surface area contributed by atoms with Gasteiger partial charge in [0, 0.05) is 5.92 Å². The zero-order chi connectivity index (χ0) is 22.0. The van der Waals surface area contributed by atoms with Crippen LogP contribution in [-0.4, -0.2) is 39.8 Å². The lowest BCUT2D eigenvalue weighted by Gasteiger charge is -2.15. The fraction of sp³-hybridized carbons (Fsp3) is 0.217. The zero-order valence-corrected chi connectivity index (χ0v) is 17.0. The molecule has 3 aromatic rings. The van der Waals surface area contributed by atoms with Gasteiger partial charge in [-0.15, -0.1) is 0 Å². The molecule has 0 spiro atoms. The van der Waals surface area contributed by atoms with Crippen LogP contribution in [0.15, 0.2) is 54.7 Å². The number of nitrogens with zero attached hydrogens (tertiary/aromatic N) is 2. The molecule has 0 fully saturated rings. The summed E-state index contributed by atoms with van der Waals surface area (Å²) in [5, 5.41) is 11.7. The third-order valence-corrected chi connectivity index (χ3v) is 4.89. The van der Waals surface area contributed by atoms with E-state index in [0.29, 0.717) is 0 Å². The summed E-state index contributed by atoms with van der Waals surface area (Å²) in [6.07, 6.45) is 0.0577. The second kappa shape index (κ2) is 8.43. The van der Waals surface area contributed by atoms with Crippen LogP contribution in [0.25, 0.3) is 11.1 Å². The Morgan fingerprint density at radius 3 is 2.26 bits per heavy atom. The molecule has 8 heteroatoms. The molecule has 2 aromatic carbocycles. The summed E-state index contributed by atoms with van der Waals surface area (Å²) in [5.74, 6) is -1.51. The first-order valence-corrected chi connectivity index (χ1v) is 9.83. The van der Waals surface area contributed by atoms with Gasteiger partial charge in [-0.2, -0.15) is 4.98 Å². The van der Waals surface area contributed by atoms with Gasteiger partial charge < -0.3 is 14.6 Å². The van der Waals surface area contributed by atoms with Crippen molar-refractivity contribution >= 4 is 18.0 Å². The number of carbonyl (C=O) groups is 2. The summed E-state index contributed by atoms with van der Waals surface area (Å²) in [5.41, 5.74) is 4.29.